The van der Waals surface area contributed by atoms with Gasteiger partial charge in [0.25, 0.3) is 0 Å². The minimum atomic E-state index is -0.474. The molecular formula is C20H26O6S2. The van der Waals surface area contributed by atoms with Crippen LogP contribution in [0.15, 0.2) is 10.8 Å². The van der Waals surface area contributed by atoms with Crippen LogP contribution in [-0.4, -0.2) is 37.0 Å². The van der Waals surface area contributed by atoms with E-state index in [4.69, 9.17) is 0 Å². The predicted molar refractivity (Wildman–Crippen MR) is 111 cm³/mol. The van der Waals surface area contributed by atoms with Crippen molar-refractivity contribution >= 4 is 40.4 Å². The molecule has 154 valence electrons. The molecule has 0 radical (unpaired) electrons. The van der Waals surface area contributed by atoms with Gasteiger partial charge < -0.3 is 14.6 Å². The molecule has 2 aromatic rings. The third-order valence-electron chi connectivity index (χ3n) is 4.19. The van der Waals surface area contributed by atoms with Crippen molar-refractivity contribution in [3.63, 3.8) is 0 Å². The minimum Gasteiger partial charge on any atom is -0.465 e. The van der Waals surface area contributed by atoms with E-state index in [1.165, 1.54) is 36.9 Å². The van der Waals surface area contributed by atoms with Crippen LogP contribution in [0, 0.1) is 13.8 Å². The van der Waals surface area contributed by atoms with Crippen molar-refractivity contribution in [1.82, 2.24) is 0 Å². The summed E-state index contributed by atoms with van der Waals surface area (Å²) >= 11 is 2.70. The summed E-state index contributed by atoms with van der Waals surface area (Å²) in [6.45, 7) is 7.31. The summed E-state index contributed by atoms with van der Waals surface area (Å²) in [5.41, 5.74) is 2.61. The van der Waals surface area contributed by atoms with Crippen LogP contribution in [-0.2, 0) is 9.47 Å². The Kier molecular flexibility index (Phi) is 9.51. The molecule has 0 spiro atoms. The van der Waals surface area contributed by atoms with E-state index in [2.05, 4.69) is 9.47 Å². The number of aliphatic hydroxyl groups excluding tert-OH is 1. The third-order valence-corrected chi connectivity index (χ3v) is 6.50. The van der Waals surface area contributed by atoms with Crippen molar-refractivity contribution in [3.8, 4) is 0 Å². The number of aliphatic hydroxyl groups is 1. The number of Topliss-reactive ketones (excluding diaryl/α,β-unsaturated/α-hetero) is 1. The Morgan fingerprint density at radius 1 is 0.964 bits per heavy atom. The van der Waals surface area contributed by atoms with Crippen LogP contribution in [0.2, 0.25) is 0 Å². The van der Waals surface area contributed by atoms with E-state index in [1.807, 2.05) is 13.8 Å². The molecule has 0 amide bonds. The summed E-state index contributed by atoms with van der Waals surface area (Å²) in [6.07, 6.45) is 0.641. The van der Waals surface area contributed by atoms with Gasteiger partial charge in [0.15, 0.2) is 5.78 Å². The van der Waals surface area contributed by atoms with E-state index in [1.54, 1.807) is 24.6 Å². The Labute approximate surface area is 173 Å². The number of hydrogen-bond donors (Lipinski definition) is 1. The number of methoxy groups -OCH3 is 2. The molecule has 0 aliphatic rings. The van der Waals surface area contributed by atoms with Gasteiger partial charge in [-0.05, 0) is 31.4 Å². The first kappa shape index (κ1) is 24.0. The molecule has 2 heterocycles. The SMILES string of the molecule is CCC(=O)c1scc(C(=O)OC)c1C.CCC(O)c1scc(C(=O)OC)c1C. The lowest BCUT2D eigenvalue weighted by atomic mass is 10.1. The molecule has 28 heavy (non-hydrogen) atoms. The molecule has 6 nitrogen and oxygen atoms in total. The number of carbonyl (C=O) groups excluding carboxylic acids is 3. The zero-order valence-electron chi connectivity index (χ0n) is 17.0. The Hall–Kier alpha value is -2.03. The average Bonchev–Trinajstić information content (AvgIpc) is 3.28. The van der Waals surface area contributed by atoms with Crippen LogP contribution >= 0.6 is 22.7 Å². The predicted octanol–water partition coefficient (Wildman–Crippen LogP) is 4.72. The fourth-order valence-electron chi connectivity index (χ4n) is 2.42. The van der Waals surface area contributed by atoms with Crippen molar-refractivity contribution in [2.24, 2.45) is 0 Å². The first-order valence-electron chi connectivity index (χ1n) is 8.77. The minimum absolute atomic E-state index is 0.0719. The van der Waals surface area contributed by atoms with Gasteiger partial charge in [0.2, 0.25) is 0 Å². The highest BCUT2D eigenvalue weighted by atomic mass is 32.1. The summed E-state index contributed by atoms with van der Waals surface area (Å²) in [5, 5.41) is 13.0. The molecule has 0 saturated carbocycles. The summed E-state index contributed by atoms with van der Waals surface area (Å²) in [4.78, 5) is 35.4. The Bertz CT molecular complexity index is 800. The highest BCUT2D eigenvalue weighted by Gasteiger charge is 2.19. The first-order chi connectivity index (χ1) is 13.2. The van der Waals surface area contributed by atoms with Gasteiger partial charge in [-0.1, -0.05) is 13.8 Å². The second-order valence-corrected chi connectivity index (χ2v) is 7.72. The van der Waals surface area contributed by atoms with Crippen LogP contribution in [0.4, 0.5) is 0 Å². The summed E-state index contributed by atoms with van der Waals surface area (Å²) in [7, 11) is 2.69. The van der Waals surface area contributed by atoms with Crippen molar-refractivity contribution in [1.29, 1.82) is 0 Å². The maximum atomic E-state index is 11.4. The number of hydrogen-bond acceptors (Lipinski definition) is 8. The standard InChI is InChI=1S/C10H14O3S.C10H12O3S/c2*1-4-8(11)9-6(2)7(5-14-9)10(12)13-3/h5,8,11H,4H2,1-3H3;5H,4H2,1-3H3. The molecule has 0 aromatic carbocycles. The number of rotatable bonds is 6. The van der Waals surface area contributed by atoms with Gasteiger partial charge in [0.1, 0.15) is 0 Å². The molecule has 1 unspecified atom stereocenters. The normalized spacial score (nSPS) is 11.2. The largest absolute Gasteiger partial charge is 0.465 e. The number of ether oxygens (including phenoxy) is 2. The fourth-order valence-corrected chi connectivity index (χ4v) is 4.62. The van der Waals surface area contributed by atoms with E-state index in [-0.39, 0.29) is 17.7 Å². The molecule has 0 fully saturated rings. The van der Waals surface area contributed by atoms with Crippen LogP contribution in [0.3, 0.4) is 0 Å². The van der Waals surface area contributed by atoms with E-state index in [0.29, 0.717) is 28.8 Å². The first-order valence-corrected chi connectivity index (χ1v) is 10.5. The van der Waals surface area contributed by atoms with Gasteiger partial charge in [-0.2, -0.15) is 0 Å². The Morgan fingerprint density at radius 3 is 1.93 bits per heavy atom. The number of ketones is 1. The van der Waals surface area contributed by atoms with E-state index < -0.39 is 6.10 Å². The number of carbonyl (C=O) groups is 3. The second kappa shape index (κ2) is 11.1. The average molecular weight is 427 g/mol. The molecule has 2 rings (SSSR count). The maximum Gasteiger partial charge on any atom is 0.338 e. The summed E-state index contributed by atoms with van der Waals surface area (Å²) in [5.74, 6) is -0.648. The maximum absolute atomic E-state index is 11.4. The second-order valence-electron chi connectivity index (χ2n) is 5.93. The zero-order chi connectivity index (χ0) is 21.4. The van der Waals surface area contributed by atoms with E-state index in [0.717, 1.165) is 16.0 Å². The van der Waals surface area contributed by atoms with Crippen molar-refractivity contribution in [2.45, 2.75) is 46.6 Å². The fraction of sp³-hybridized carbons (Fsp3) is 0.450. The lowest BCUT2D eigenvalue weighted by Gasteiger charge is -2.06. The smallest absolute Gasteiger partial charge is 0.338 e. The number of thiophene rings is 2. The molecule has 0 saturated heterocycles. The van der Waals surface area contributed by atoms with Gasteiger partial charge in [-0.3, -0.25) is 4.79 Å². The van der Waals surface area contributed by atoms with Crippen molar-refractivity contribution in [3.05, 3.63) is 42.8 Å². The lowest BCUT2D eigenvalue weighted by molar-refractivity contribution is 0.0591. The monoisotopic (exact) mass is 426 g/mol. The third kappa shape index (κ3) is 5.50. The molecule has 1 N–H and O–H groups in total. The Morgan fingerprint density at radius 2 is 1.46 bits per heavy atom. The van der Waals surface area contributed by atoms with Gasteiger partial charge in [-0.15, -0.1) is 22.7 Å². The summed E-state index contributed by atoms with van der Waals surface area (Å²) < 4.78 is 9.23. The van der Waals surface area contributed by atoms with Gasteiger partial charge in [0.05, 0.1) is 36.3 Å². The van der Waals surface area contributed by atoms with Crippen LogP contribution < -0.4 is 0 Å². The number of esters is 2. The van der Waals surface area contributed by atoms with Gasteiger partial charge >= 0.3 is 11.9 Å². The van der Waals surface area contributed by atoms with Crippen LogP contribution in [0.5, 0.6) is 0 Å². The quantitative estimate of drug-likeness (QED) is 0.531. The van der Waals surface area contributed by atoms with Crippen LogP contribution in [0.1, 0.15) is 79.2 Å². The Balaban J connectivity index is 0.000000280. The summed E-state index contributed by atoms with van der Waals surface area (Å²) in [6, 6.07) is 0. The van der Waals surface area contributed by atoms with E-state index >= 15 is 0 Å². The molecule has 2 aromatic heterocycles. The molecule has 8 heteroatoms. The topological polar surface area (TPSA) is 89.9 Å². The van der Waals surface area contributed by atoms with E-state index in [9.17, 15) is 19.5 Å². The highest BCUT2D eigenvalue weighted by Crippen LogP contribution is 2.29. The van der Waals surface area contributed by atoms with Crippen LogP contribution in [0.25, 0.3) is 0 Å². The molecule has 0 aliphatic heterocycles. The van der Waals surface area contributed by atoms with Crippen molar-refractivity contribution < 1.29 is 29.0 Å². The molecule has 0 aliphatic carbocycles. The van der Waals surface area contributed by atoms with Crippen molar-refractivity contribution in [2.75, 3.05) is 14.2 Å². The zero-order valence-corrected chi connectivity index (χ0v) is 18.6. The van der Waals surface area contributed by atoms with Gasteiger partial charge in [-0.25, -0.2) is 9.59 Å². The molecular weight excluding hydrogens is 400 g/mol. The molecule has 0 bridgehead atoms. The highest BCUT2D eigenvalue weighted by molar-refractivity contribution is 7.12. The van der Waals surface area contributed by atoms with Gasteiger partial charge in [0, 0.05) is 22.1 Å². The lowest BCUT2D eigenvalue weighted by Crippen LogP contribution is -2.03. The molecule has 1 atom stereocenters.